The number of H-pyrrole nitrogens is 1. The minimum absolute atomic E-state index is 0.0978. The number of fused-ring (bicyclic) bond motifs is 1. The lowest BCUT2D eigenvalue weighted by molar-refractivity contribution is -0.143. The second-order valence-electron chi connectivity index (χ2n) is 6.43. The van der Waals surface area contributed by atoms with Gasteiger partial charge in [0.2, 0.25) is 5.91 Å². The highest BCUT2D eigenvalue weighted by Gasteiger charge is 2.31. The van der Waals surface area contributed by atoms with Crippen LogP contribution in [-0.2, 0) is 14.4 Å². The zero-order valence-electron chi connectivity index (χ0n) is 14.2. The van der Waals surface area contributed by atoms with Gasteiger partial charge >= 0.3 is 11.9 Å². The number of rotatable bonds is 7. The van der Waals surface area contributed by atoms with Gasteiger partial charge in [0.15, 0.2) is 0 Å². The number of likely N-dealkylation sites (tertiary alicyclic amines) is 1. The highest BCUT2D eigenvalue weighted by Crippen LogP contribution is 2.32. The summed E-state index contributed by atoms with van der Waals surface area (Å²) in [7, 11) is 0. The summed E-state index contributed by atoms with van der Waals surface area (Å²) in [5, 5.41) is 21.8. The van der Waals surface area contributed by atoms with E-state index in [0.717, 1.165) is 36.8 Å². The summed E-state index contributed by atoms with van der Waals surface area (Å²) in [5.41, 5.74) is 1.97. The van der Waals surface area contributed by atoms with Gasteiger partial charge in [0.05, 0.1) is 6.42 Å². The molecule has 0 bridgehead atoms. The molecule has 1 saturated heterocycles. The number of nitrogens with zero attached hydrogens (tertiary/aromatic N) is 1. The Morgan fingerprint density at radius 3 is 2.54 bits per heavy atom. The number of carbonyl (C=O) groups is 3. The van der Waals surface area contributed by atoms with Crippen LogP contribution < -0.4 is 5.32 Å². The van der Waals surface area contributed by atoms with Crippen molar-refractivity contribution in [2.24, 2.45) is 0 Å². The minimum Gasteiger partial charge on any atom is -0.481 e. The number of carboxylic acid groups (broad SMARTS) is 2. The number of aromatic nitrogens is 1. The van der Waals surface area contributed by atoms with Gasteiger partial charge < -0.3 is 20.5 Å². The molecule has 0 saturated carbocycles. The van der Waals surface area contributed by atoms with Gasteiger partial charge in [0.25, 0.3) is 0 Å². The number of nitrogens with one attached hydrogen (secondary N) is 2. The fraction of sp³-hybridized carbons (Fsp3) is 0.389. The number of aliphatic carboxylic acids is 2. The molecule has 0 aliphatic carbocycles. The summed E-state index contributed by atoms with van der Waals surface area (Å²) in [4.78, 5) is 39.1. The third-order valence-corrected chi connectivity index (χ3v) is 4.60. The molecule has 2 aromatic rings. The van der Waals surface area contributed by atoms with E-state index in [-0.39, 0.29) is 18.7 Å². The molecule has 1 aliphatic rings. The molecule has 0 radical (unpaired) electrons. The van der Waals surface area contributed by atoms with Gasteiger partial charge in [-0.25, -0.2) is 0 Å². The first kappa shape index (κ1) is 17.9. The molecule has 138 valence electrons. The summed E-state index contributed by atoms with van der Waals surface area (Å²) >= 11 is 0. The maximum absolute atomic E-state index is 11.8. The normalized spacial score (nSPS) is 15.8. The van der Waals surface area contributed by atoms with Crippen molar-refractivity contribution in [2.75, 3.05) is 18.4 Å². The van der Waals surface area contributed by atoms with Crippen molar-refractivity contribution in [2.45, 2.75) is 31.7 Å². The third-order valence-electron chi connectivity index (χ3n) is 4.60. The number of hydrogen-bond acceptors (Lipinski definition) is 4. The summed E-state index contributed by atoms with van der Waals surface area (Å²) in [6.07, 6.45) is 3.38. The maximum Gasteiger partial charge on any atom is 0.325 e. The molecule has 1 aromatic carbocycles. The molecule has 0 spiro atoms. The molecule has 8 heteroatoms. The molecule has 3 rings (SSSR count). The van der Waals surface area contributed by atoms with E-state index in [1.54, 1.807) is 24.4 Å². The third kappa shape index (κ3) is 3.85. The highest BCUT2D eigenvalue weighted by atomic mass is 16.4. The Labute approximate surface area is 149 Å². The lowest BCUT2D eigenvalue weighted by Gasteiger charge is -2.23. The number of amides is 1. The van der Waals surface area contributed by atoms with E-state index in [1.807, 2.05) is 4.90 Å². The Balaban J connectivity index is 1.81. The molecule has 4 N–H and O–H groups in total. The van der Waals surface area contributed by atoms with Crippen LogP contribution >= 0.6 is 0 Å². The highest BCUT2D eigenvalue weighted by molar-refractivity contribution is 5.96. The summed E-state index contributed by atoms with van der Waals surface area (Å²) in [5.74, 6) is -2.27. The van der Waals surface area contributed by atoms with Crippen molar-refractivity contribution in [3.63, 3.8) is 0 Å². The summed E-state index contributed by atoms with van der Waals surface area (Å²) < 4.78 is 0. The van der Waals surface area contributed by atoms with Gasteiger partial charge in [-0.05, 0) is 38.1 Å². The van der Waals surface area contributed by atoms with Crippen molar-refractivity contribution in [3.05, 3.63) is 30.0 Å². The molecule has 26 heavy (non-hydrogen) atoms. The first-order valence-electron chi connectivity index (χ1n) is 8.55. The van der Waals surface area contributed by atoms with Gasteiger partial charge in [-0.15, -0.1) is 0 Å². The van der Waals surface area contributed by atoms with E-state index >= 15 is 0 Å². The molecule has 1 aliphatic heterocycles. The zero-order valence-corrected chi connectivity index (χ0v) is 14.2. The molecule has 2 heterocycles. The first-order valence-corrected chi connectivity index (χ1v) is 8.55. The Morgan fingerprint density at radius 2 is 1.88 bits per heavy atom. The number of carbonyl (C=O) groups excluding carboxylic acids is 1. The van der Waals surface area contributed by atoms with Crippen molar-refractivity contribution >= 4 is 34.4 Å². The Bertz CT molecular complexity index is 838. The average Bonchev–Trinajstić information content (AvgIpc) is 3.23. The lowest BCUT2D eigenvalue weighted by Crippen LogP contribution is -2.31. The first-order chi connectivity index (χ1) is 12.5. The van der Waals surface area contributed by atoms with Crippen LogP contribution in [0.25, 0.3) is 10.9 Å². The predicted molar refractivity (Wildman–Crippen MR) is 95.0 cm³/mol. The number of anilines is 1. The second-order valence-corrected chi connectivity index (χ2v) is 6.43. The lowest BCUT2D eigenvalue weighted by atomic mass is 10.0. The number of aromatic amines is 1. The van der Waals surface area contributed by atoms with Crippen LogP contribution in [0.2, 0.25) is 0 Å². The molecule has 8 nitrogen and oxygen atoms in total. The van der Waals surface area contributed by atoms with E-state index in [2.05, 4.69) is 10.3 Å². The molecule has 1 fully saturated rings. The molecular weight excluding hydrogens is 338 g/mol. The van der Waals surface area contributed by atoms with E-state index in [4.69, 9.17) is 5.11 Å². The second kappa shape index (κ2) is 7.57. The summed E-state index contributed by atoms with van der Waals surface area (Å²) in [6, 6.07) is 4.50. The predicted octanol–water partition coefficient (Wildman–Crippen LogP) is 2.19. The van der Waals surface area contributed by atoms with Crippen LogP contribution in [-0.4, -0.2) is 51.0 Å². The van der Waals surface area contributed by atoms with Crippen LogP contribution in [0.15, 0.2) is 24.4 Å². The maximum atomic E-state index is 11.8. The van der Waals surface area contributed by atoms with Crippen LogP contribution in [0.1, 0.15) is 37.3 Å². The molecular formula is C18H21N3O5. The number of benzene rings is 1. The van der Waals surface area contributed by atoms with Crippen molar-refractivity contribution in [1.82, 2.24) is 9.88 Å². The zero-order chi connectivity index (χ0) is 18.7. The largest absolute Gasteiger partial charge is 0.481 e. The SMILES string of the molecule is O=C(O)CCC(=O)Nc1ccc2c([C@@H](C(=O)O)N3CCCC3)c[nH]c2c1. The van der Waals surface area contributed by atoms with Gasteiger partial charge in [-0.3, -0.25) is 19.3 Å². The van der Waals surface area contributed by atoms with Crippen LogP contribution in [0.4, 0.5) is 5.69 Å². The van der Waals surface area contributed by atoms with Gasteiger partial charge in [-0.2, -0.15) is 0 Å². The van der Waals surface area contributed by atoms with Gasteiger partial charge in [-0.1, -0.05) is 6.07 Å². The molecule has 0 unspecified atom stereocenters. The smallest absolute Gasteiger partial charge is 0.325 e. The van der Waals surface area contributed by atoms with E-state index < -0.39 is 18.0 Å². The quantitative estimate of drug-likeness (QED) is 0.601. The molecule has 1 amide bonds. The van der Waals surface area contributed by atoms with Crippen molar-refractivity contribution in [1.29, 1.82) is 0 Å². The minimum atomic E-state index is -1.02. The van der Waals surface area contributed by atoms with Crippen LogP contribution in [0.5, 0.6) is 0 Å². The number of carboxylic acids is 2. The van der Waals surface area contributed by atoms with Crippen molar-refractivity contribution in [3.8, 4) is 0 Å². The van der Waals surface area contributed by atoms with Crippen LogP contribution in [0, 0.1) is 0 Å². The average molecular weight is 359 g/mol. The molecule has 1 aromatic heterocycles. The standard InChI is InChI=1S/C18H21N3O5/c22-15(5-6-16(23)24)20-11-3-4-12-13(10-19-14(12)9-11)17(18(25)26)21-7-1-2-8-21/h3-4,9-10,17,19H,1-2,5-8H2,(H,20,22)(H,23,24)(H,25,26)/t17-/m0/s1. The Morgan fingerprint density at radius 1 is 1.15 bits per heavy atom. The Kier molecular flexibility index (Phi) is 5.22. The van der Waals surface area contributed by atoms with Gasteiger partial charge in [0, 0.05) is 34.8 Å². The van der Waals surface area contributed by atoms with E-state index in [1.165, 1.54) is 0 Å². The summed E-state index contributed by atoms with van der Waals surface area (Å²) in [6.45, 7) is 1.53. The monoisotopic (exact) mass is 359 g/mol. The number of hydrogen-bond donors (Lipinski definition) is 4. The Hall–Kier alpha value is -2.87. The fourth-order valence-corrected chi connectivity index (χ4v) is 3.38. The van der Waals surface area contributed by atoms with E-state index in [0.29, 0.717) is 11.3 Å². The van der Waals surface area contributed by atoms with E-state index in [9.17, 15) is 19.5 Å². The van der Waals surface area contributed by atoms with Crippen molar-refractivity contribution < 1.29 is 24.6 Å². The van der Waals surface area contributed by atoms with Crippen LogP contribution in [0.3, 0.4) is 0 Å². The van der Waals surface area contributed by atoms with Gasteiger partial charge in [0.1, 0.15) is 6.04 Å². The molecule has 1 atom stereocenters. The topological polar surface area (TPSA) is 123 Å². The fourth-order valence-electron chi connectivity index (χ4n) is 3.38.